The lowest BCUT2D eigenvalue weighted by Crippen LogP contribution is -1.95. The maximum Gasteiger partial charge on any atom is 0.330 e. The summed E-state index contributed by atoms with van der Waals surface area (Å²) in [5, 5.41) is 0. The summed E-state index contributed by atoms with van der Waals surface area (Å²) in [6, 6.07) is 5.76. The van der Waals surface area contributed by atoms with Gasteiger partial charge in [0.15, 0.2) is 0 Å². The predicted molar refractivity (Wildman–Crippen MR) is 63.4 cm³/mol. The van der Waals surface area contributed by atoms with Crippen LogP contribution in [0.2, 0.25) is 0 Å². The smallest absolute Gasteiger partial charge is 0.330 e. The van der Waals surface area contributed by atoms with E-state index in [2.05, 4.69) is 4.74 Å². The van der Waals surface area contributed by atoms with Crippen LogP contribution in [0.15, 0.2) is 24.3 Å². The van der Waals surface area contributed by atoms with Gasteiger partial charge in [0.1, 0.15) is 5.75 Å². The van der Waals surface area contributed by atoms with E-state index in [0.29, 0.717) is 6.61 Å². The Bertz CT molecular complexity index is 394. The quantitative estimate of drug-likeness (QED) is 0.578. The minimum absolute atomic E-state index is 0.355. The third-order valence-electron chi connectivity index (χ3n) is 2.11. The number of benzene rings is 1. The van der Waals surface area contributed by atoms with Gasteiger partial charge in [0.25, 0.3) is 0 Å². The van der Waals surface area contributed by atoms with Gasteiger partial charge in [-0.15, -0.1) is 0 Å². The van der Waals surface area contributed by atoms with Crippen molar-refractivity contribution < 1.29 is 14.3 Å². The second-order valence-electron chi connectivity index (χ2n) is 3.31. The first-order valence-corrected chi connectivity index (χ1v) is 5.17. The highest BCUT2D eigenvalue weighted by molar-refractivity contribution is 5.86. The van der Waals surface area contributed by atoms with Crippen LogP contribution in [0.4, 0.5) is 0 Å². The number of carbonyl (C=O) groups excluding carboxylic acids is 1. The molecule has 0 amide bonds. The molecule has 0 heterocycles. The molecule has 0 aliphatic rings. The summed E-state index contributed by atoms with van der Waals surface area (Å²) in [6.07, 6.45) is 3.11. The molecule has 3 nitrogen and oxygen atoms in total. The molecular weight excluding hydrogens is 204 g/mol. The van der Waals surface area contributed by atoms with Gasteiger partial charge < -0.3 is 9.47 Å². The van der Waals surface area contributed by atoms with Crippen LogP contribution in [0, 0.1) is 6.92 Å². The second kappa shape index (κ2) is 5.95. The molecule has 0 radical (unpaired) electrons. The molecule has 0 N–H and O–H groups in total. The van der Waals surface area contributed by atoms with Gasteiger partial charge in [-0.05, 0) is 43.2 Å². The van der Waals surface area contributed by atoms with E-state index >= 15 is 0 Å². The van der Waals surface area contributed by atoms with Crippen LogP contribution in [0.5, 0.6) is 5.75 Å². The van der Waals surface area contributed by atoms with E-state index in [1.807, 2.05) is 32.0 Å². The highest BCUT2D eigenvalue weighted by Crippen LogP contribution is 2.19. The zero-order chi connectivity index (χ0) is 12.0. The molecular formula is C13H16O3. The zero-order valence-corrected chi connectivity index (χ0v) is 9.82. The number of carbonyl (C=O) groups is 1. The van der Waals surface area contributed by atoms with Gasteiger partial charge in [-0.1, -0.05) is 6.07 Å². The highest BCUT2D eigenvalue weighted by Gasteiger charge is 1.99. The van der Waals surface area contributed by atoms with Crippen molar-refractivity contribution in [2.45, 2.75) is 13.8 Å². The molecule has 1 aromatic rings. The van der Waals surface area contributed by atoms with Crippen LogP contribution < -0.4 is 4.74 Å². The molecule has 0 aliphatic heterocycles. The average Bonchev–Trinajstić information content (AvgIpc) is 2.29. The molecule has 0 saturated heterocycles. The van der Waals surface area contributed by atoms with Crippen molar-refractivity contribution in [3.8, 4) is 5.75 Å². The van der Waals surface area contributed by atoms with E-state index in [9.17, 15) is 4.79 Å². The van der Waals surface area contributed by atoms with Crippen molar-refractivity contribution in [1.82, 2.24) is 0 Å². The molecule has 0 saturated carbocycles. The minimum atomic E-state index is -0.355. The van der Waals surface area contributed by atoms with E-state index < -0.39 is 0 Å². The van der Waals surface area contributed by atoms with Crippen molar-refractivity contribution in [1.29, 1.82) is 0 Å². The SMILES string of the molecule is CCOc1ccc(C=CC(=O)OC)cc1C. The Morgan fingerprint density at radius 1 is 1.44 bits per heavy atom. The molecule has 0 aromatic heterocycles. The first kappa shape index (κ1) is 12.3. The number of methoxy groups -OCH3 is 1. The van der Waals surface area contributed by atoms with E-state index in [-0.39, 0.29) is 5.97 Å². The lowest BCUT2D eigenvalue weighted by atomic mass is 10.1. The molecule has 86 valence electrons. The number of ether oxygens (including phenoxy) is 2. The number of hydrogen-bond acceptors (Lipinski definition) is 3. The predicted octanol–water partition coefficient (Wildman–Crippen LogP) is 2.58. The third kappa shape index (κ3) is 3.42. The van der Waals surface area contributed by atoms with Gasteiger partial charge in [-0.3, -0.25) is 0 Å². The molecule has 1 rings (SSSR count). The van der Waals surface area contributed by atoms with Crippen LogP contribution in [-0.4, -0.2) is 19.7 Å². The Balaban J connectivity index is 2.81. The van der Waals surface area contributed by atoms with Crippen molar-refractivity contribution in [3.63, 3.8) is 0 Å². The molecule has 0 spiro atoms. The number of rotatable bonds is 4. The summed E-state index contributed by atoms with van der Waals surface area (Å²) in [6.45, 7) is 4.57. The van der Waals surface area contributed by atoms with Gasteiger partial charge in [0.2, 0.25) is 0 Å². The summed E-state index contributed by atoms with van der Waals surface area (Å²) >= 11 is 0. The lowest BCUT2D eigenvalue weighted by molar-refractivity contribution is -0.134. The average molecular weight is 220 g/mol. The monoisotopic (exact) mass is 220 g/mol. The van der Waals surface area contributed by atoms with Crippen LogP contribution in [0.25, 0.3) is 6.08 Å². The van der Waals surface area contributed by atoms with Gasteiger partial charge in [0.05, 0.1) is 13.7 Å². The molecule has 0 unspecified atom stereocenters. The molecule has 0 atom stereocenters. The first-order chi connectivity index (χ1) is 7.67. The normalized spacial score (nSPS) is 10.4. The third-order valence-corrected chi connectivity index (χ3v) is 2.11. The Morgan fingerprint density at radius 3 is 2.75 bits per heavy atom. The standard InChI is InChI=1S/C13H16O3/c1-4-16-12-7-5-11(9-10(12)2)6-8-13(14)15-3/h5-9H,4H2,1-3H3. The van der Waals surface area contributed by atoms with Gasteiger partial charge >= 0.3 is 5.97 Å². The van der Waals surface area contributed by atoms with E-state index in [1.54, 1.807) is 6.08 Å². The summed E-state index contributed by atoms with van der Waals surface area (Å²) in [7, 11) is 1.36. The Labute approximate surface area is 95.7 Å². The molecule has 0 aliphatic carbocycles. The summed E-state index contributed by atoms with van der Waals surface area (Å²) < 4.78 is 9.94. The van der Waals surface area contributed by atoms with Crippen LogP contribution in [-0.2, 0) is 9.53 Å². The van der Waals surface area contributed by atoms with Crippen LogP contribution in [0.1, 0.15) is 18.1 Å². The minimum Gasteiger partial charge on any atom is -0.494 e. The fourth-order valence-electron chi connectivity index (χ4n) is 1.33. The molecule has 16 heavy (non-hydrogen) atoms. The van der Waals surface area contributed by atoms with Crippen molar-refractivity contribution in [3.05, 3.63) is 35.4 Å². The second-order valence-corrected chi connectivity index (χ2v) is 3.31. The van der Waals surface area contributed by atoms with E-state index in [0.717, 1.165) is 16.9 Å². The highest BCUT2D eigenvalue weighted by atomic mass is 16.5. The summed E-state index contributed by atoms with van der Waals surface area (Å²) in [4.78, 5) is 10.9. The topological polar surface area (TPSA) is 35.5 Å². The van der Waals surface area contributed by atoms with Crippen molar-refractivity contribution in [2.75, 3.05) is 13.7 Å². The zero-order valence-electron chi connectivity index (χ0n) is 9.82. The van der Waals surface area contributed by atoms with Crippen molar-refractivity contribution >= 4 is 12.0 Å². The van der Waals surface area contributed by atoms with E-state index in [1.165, 1.54) is 13.2 Å². The van der Waals surface area contributed by atoms with Gasteiger partial charge in [-0.25, -0.2) is 4.79 Å². The van der Waals surface area contributed by atoms with E-state index in [4.69, 9.17) is 4.74 Å². The molecule has 1 aromatic carbocycles. The molecule has 0 bridgehead atoms. The Hall–Kier alpha value is -1.77. The number of hydrogen-bond donors (Lipinski definition) is 0. The number of esters is 1. The fourth-order valence-corrected chi connectivity index (χ4v) is 1.33. The maximum atomic E-state index is 10.9. The Kier molecular flexibility index (Phi) is 4.58. The summed E-state index contributed by atoms with van der Waals surface area (Å²) in [5.41, 5.74) is 2.00. The number of aryl methyl sites for hydroxylation is 1. The van der Waals surface area contributed by atoms with Gasteiger partial charge in [-0.2, -0.15) is 0 Å². The maximum absolute atomic E-state index is 10.9. The lowest BCUT2D eigenvalue weighted by Gasteiger charge is -2.07. The van der Waals surface area contributed by atoms with Crippen LogP contribution in [0.3, 0.4) is 0 Å². The summed E-state index contributed by atoms with van der Waals surface area (Å²) in [5.74, 6) is 0.518. The van der Waals surface area contributed by atoms with Crippen molar-refractivity contribution in [2.24, 2.45) is 0 Å². The fraction of sp³-hybridized carbons (Fsp3) is 0.308. The van der Waals surface area contributed by atoms with Gasteiger partial charge in [0, 0.05) is 6.08 Å². The largest absolute Gasteiger partial charge is 0.494 e. The van der Waals surface area contributed by atoms with Crippen LogP contribution >= 0.6 is 0 Å². The molecule has 3 heteroatoms. The first-order valence-electron chi connectivity index (χ1n) is 5.17. The molecule has 0 fully saturated rings. The Morgan fingerprint density at radius 2 is 2.19 bits per heavy atom.